The molecule has 1 heterocycles. The molecule has 1 N–H and O–H groups in total. The quantitative estimate of drug-likeness (QED) is 0.743. The minimum atomic E-state index is -0.349. The summed E-state index contributed by atoms with van der Waals surface area (Å²) in [6.45, 7) is 2.29. The van der Waals surface area contributed by atoms with Gasteiger partial charge in [-0.3, -0.25) is 4.79 Å². The van der Waals surface area contributed by atoms with Crippen LogP contribution < -0.4 is 10.9 Å². The number of hydrogen-bond acceptors (Lipinski definition) is 4. The van der Waals surface area contributed by atoms with Crippen molar-refractivity contribution in [1.82, 2.24) is 9.78 Å². The summed E-state index contributed by atoms with van der Waals surface area (Å²) in [5, 5.41) is 16.5. The highest BCUT2D eigenvalue weighted by Gasteiger charge is 2.13. The Balaban J connectivity index is 1.82. The van der Waals surface area contributed by atoms with Crippen molar-refractivity contribution in [1.29, 1.82) is 5.26 Å². The molecule has 5 nitrogen and oxygen atoms in total. The van der Waals surface area contributed by atoms with Crippen LogP contribution in [0.4, 0.5) is 5.69 Å². The van der Waals surface area contributed by atoms with Gasteiger partial charge in [-0.05, 0) is 30.2 Å². The van der Waals surface area contributed by atoms with E-state index in [2.05, 4.69) is 16.5 Å². The molecule has 26 heavy (non-hydrogen) atoms. The molecule has 0 spiro atoms. The van der Waals surface area contributed by atoms with Crippen LogP contribution in [0.5, 0.6) is 0 Å². The van der Waals surface area contributed by atoms with Crippen LogP contribution >= 0.6 is 11.6 Å². The van der Waals surface area contributed by atoms with E-state index in [0.29, 0.717) is 17.8 Å². The lowest BCUT2D eigenvalue weighted by atomic mass is 10.1. The van der Waals surface area contributed by atoms with Gasteiger partial charge in [-0.25, -0.2) is 4.68 Å². The Kier molecular flexibility index (Phi) is 5.35. The molecular formula is C20H17ClN4O. The van der Waals surface area contributed by atoms with E-state index in [9.17, 15) is 4.79 Å². The van der Waals surface area contributed by atoms with E-state index in [0.717, 1.165) is 11.1 Å². The Morgan fingerprint density at radius 2 is 2.00 bits per heavy atom. The minimum Gasteiger partial charge on any atom is -0.376 e. The smallest absolute Gasteiger partial charge is 0.287 e. The van der Waals surface area contributed by atoms with Gasteiger partial charge in [0.1, 0.15) is 5.02 Å². The van der Waals surface area contributed by atoms with Gasteiger partial charge in [0.25, 0.3) is 5.56 Å². The fraction of sp³-hybridized carbons (Fsp3) is 0.150. The van der Waals surface area contributed by atoms with Gasteiger partial charge in [0, 0.05) is 6.04 Å². The average Bonchev–Trinajstić information content (AvgIpc) is 2.68. The first kappa shape index (κ1) is 17.7. The van der Waals surface area contributed by atoms with Crippen LogP contribution in [0.2, 0.25) is 5.02 Å². The number of nitrogens with zero attached hydrogens (tertiary/aromatic N) is 3. The summed E-state index contributed by atoms with van der Waals surface area (Å²) in [7, 11) is 0. The predicted octanol–water partition coefficient (Wildman–Crippen LogP) is 3.99. The lowest BCUT2D eigenvalue weighted by Gasteiger charge is -2.17. The first-order chi connectivity index (χ1) is 12.6. The van der Waals surface area contributed by atoms with Gasteiger partial charge in [-0.15, -0.1) is 0 Å². The van der Waals surface area contributed by atoms with Crippen LogP contribution in [0.25, 0.3) is 0 Å². The number of anilines is 1. The van der Waals surface area contributed by atoms with E-state index < -0.39 is 0 Å². The molecule has 0 aliphatic heterocycles. The second kappa shape index (κ2) is 7.85. The van der Waals surface area contributed by atoms with Crippen LogP contribution in [0.15, 0.2) is 65.6 Å². The molecular weight excluding hydrogens is 348 g/mol. The van der Waals surface area contributed by atoms with Crippen molar-refractivity contribution >= 4 is 17.3 Å². The molecule has 3 rings (SSSR count). The van der Waals surface area contributed by atoms with Crippen molar-refractivity contribution < 1.29 is 0 Å². The Morgan fingerprint density at radius 3 is 2.73 bits per heavy atom. The van der Waals surface area contributed by atoms with Crippen LogP contribution in [-0.2, 0) is 6.54 Å². The molecule has 2 aromatic carbocycles. The van der Waals surface area contributed by atoms with Gasteiger partial charge in [0.05, 0.1) is 30.1 Å². The highest BCUT2D eigenvalue weighted by molar-refractivity contribution is 6.32. The zero-order chi connectivity index (χ0) is 18.5. The Labute approximate surface area is 156 Å². The third kappa shape index (κ3) is 3.93. The number of hydrogen-bond donors (Lipinski definition) is 1. The number of halogens is 1. The largest absolute Gasteiger partial charge is 0.376 e. The van der Waals surface area contributed by atoms with Crippen LogP contribution in [-0.4, -0.2) is 9.78 Å². The summed E-state index contributed by atoms with van der Waals surface area (Å²) in [5.74, 6) is 0. The van der Waals surface area contributed by atoms with E-state index in [4.69, 9.17) is 16.9 Å². The molecule has 6 heteroatoms. The Hall–Kier alpha value is -3.10. The van der Waals surface area contributed by atoms with Crippen molar-refractivity contribution in [2.45, 2.75) is 19.5 Å². The molecule has 130 valence electrons. The molecule has 0 amide bonds. The van der Waals surface area contributed by atoms with Crippen molar-refractivity contribution in [3.63, 3.8) is 0 Å². The minimum absolute atomic E-state index is 0.0965. The maximum Gasteiger partial charge on any atom is 0.287 e. The topological polar surface area (TPSA) is 70.7 Å². The van der Waals surface area contributed by atoms with Crippen molar-refractivity contribution in [3.05, 3.63) is 92.9 Å². The molecule has 0 aliphatic carbocycles. The summed E-state index contributed by atoms with van der Waals surface area (Å²) in [5.41, 5.74) is 2.60. The summed E-state index contributed by atoms with van der Waals surface area (Å²) in [6, 6.07) is 18.9. The third-order valence-corrected chi connectivity index (χ3v) is 4.41. The highest BCUT2D eigenvalue weighted by atomic mass is 35.5. The van der Waals surface area contributed by atoms with E-state index in [1.807, 2.05) is 49.4 Å². The number of rotatable bonds is 5. The van der Waals surface area contributed by atoms with E-state index in [1.54, 1.807) is 18.3 Å². The fourth-order valence-electron chi connectivity index (χ4n) is 2.63. The van der Waals surface area contributed by atoms with Gasteiger partial charge in [-0.2, -0.15) is 10.4 Å². The monoisotopic (exact) mass is 364 g/mol. The zero-order valence-electron chi connectivity index (χ0n) is 14.2. The maximum absolute atomic E-state index is 12.5. The van der Waals surface area contributed by atoms with Crippen molar-refractivity contribution in [3.8, 4) is 6.07 Å². The zero-order valence-corrected chi connectivity index (χ0v) is 14.9. The van der Waals surface area contributed by atoms with Gasteiger partial charge < -0.3 is 5.32 Å². The Morgan fingerprint density at radius 1 is 1.23 bits per heavy atom. The number of aromatic nitrogens is 2. The summed E-state index contributed by atoms with van der Waals surface area (Å²) >= 11 is 6.27. The van der Waals surface area contributed by atoms with Crippen LogP contribution in [0.1, 0.15) is 29.7 Å². The van der Waals surface area contributed by atoms with Crippen LogP contribution in [0, 0.1) is 11.3 Å². The van der Waals surface area contributed by atoms with Gasteiger partial charge >= 0.3 is 0 Å². The summed E-state index contributed by atoms with van der Waals surface area (Å²) < 4.78 is 1.34. The molecule has 0 fully saturated rings. The van der Waals surface area contributed by atoms with Crippen LogP contribution in [0.3, 0.4) is 0 Å². The molecule has 0 radical (unpaired) electrons. The first-order valence-electron chi connectivity index (χ1n) is 8.14. The van der Waals surface area contributed by atoms with E-state index >= 15 is 0 Å². The van der Waals surface area contributed by atoms with Gasteiger partial charge in [0.15, 0.2) is 0 Å². The first-order valence-corrected chi connectivity index (χ1v) is 8.52. The van der Waals surface area contributed by atoms with Crippen molar-refractivity contribution in [2.75, 3.05) is 5.32 Å². The fourth-order valence-corrected chi connectivity index (χ4v) is 2.83. The lowest BCUT2D eigenvalue weighted by Crippen LogP contribution is -2.25. The molecule has 0 bridgehead atoms. The number of nitrogens with one attached hydrogen (secondary N) is 1. The summed E-state index contributed by atoms with van der Waals surface area (Å²) in [4.78, 5) is 12.5. The highest BCUT2D eigenvalue weighted by Crippen LogP contribution is 2.23. The van der Waals surface area contributed by atoms with Crippen molar-refractivity contribution in [2.24, 2.45) is 0 Å². The van der Waals surface area contributed by atoms with Gasteiger partial charge in [-0.1, -0.05) is 54.1 Å². The summed E-state index contributed by atoms with van der Waals surface area (Å²) in [6.07, 6.45) is 1.55. The number of nitriles is 1. The second-order valence-electron chi connectivity index (χ2n) is 5.92. The molecule has 1 atom stereocenters. The maximum atomic E-state index is 12.5. The molecule has 1 aromatic heterocycles. The lowest BCUT2D eigenvalue weighted by molar-refractivity contribution is 0.639. The molecule has 0 saturated heterocycles. The molecule has 3 aromatic rings. The predicted molar refractivity (Wildman–Crippen MR) is 102 cm³/mol. The second-order valence-corrected chi connectivity index (χ2v) is 6.30. The molecule has 1 unspecified atom stereocenters. The molecule has 0 aliphatic rings. The van der Waals surface area contributed by atoms with E-state index in [1.165, 1.54) is 4.68 Å². The molecule has 0 saturated carbocycles. The third-order valence-electron chi connectivity index (χ3n) is 4.05. The normalized spacial score (nSPS) is 11.6. The SMILES string of the molecule is CC(Nc1cnn(Cc2ccccc2)c(=O)c1Cl)c1cccc(C#N)c1. The standard InChI is InChI=1S/C20H17ClN4O/c1-14(17-9-5-8-16(10-17)11-22)24-18-12-23-25(20(26)19(18)21)13-15-6-3-2-4-7-15/h2-10,12,14,24H,13H2,1H3. The average molecular weight is 365 g/mol. The van der Waals surface area contributed by atoms with E-state index in [-0.39, 0.29) is 16.6 Å². The Bertz CT molecular complexity index is 1010. The number of benzene rings is 2. The van der Waals surface area contributed by atoms with Gasteiger partial charge in [0.2, 0.25) is 0 Å².